The van der Waals surface area contributed by atoms with Gasteiger partial charge < -0.3 is 19.0 Å². The number of rotatable bonds is 2. The number of hydrogen-bond acceptors (Lipinski definition) is 3. The molecule has 0 atom stereocenters. The Labute approximate surface area is 173 Å². The number of hydrogen-bond donors (Lipinski definition) is 2. The number of fused-ring (bicyclic) bond motifs is 6. The van der Waals surface area contributed by atoms with E-state index >= 15 is 0 Å². The van der Waals surface area contributed by atoms with E-state index in [9.17, 15) is 10.0 Å². The van der Waals surface area contributed by atoms with Gasteiger partial charge in [0, 0.05) is 27.2 Å². The minimum absolute atomic E-state index is 0.445. The first-order chi connectivity index (χ1) is 14.6. The van der Waals surface area contributed by atoms with Gasteiger partial charge in [-0.3, -0.25) is 0 Å². The second kappa shape index (κ2) is 6.26. The predicted molar refractivity (Wildman–Crippen MR) is 123 cm³/mol. The number of nitrogens with zero attached hydrogens (tertiary/aromatic N) is 1. The Balaban J connectivity index is 1.71. The summed E-state index contributed by atoms with van der Waals surface area (Å²) in [5.41, 5.74) is 5.77. The quantitative estimate of drug-likeness (QED) is 0.449. The van der Waals surface area contributed by atoms with E-state index in [0.29, 0.717) is 10.9 Å². The first-order valence-electron chi connectivity index (χ1n) is 9.71. The van der Waals surface area contributed by atoms with E-state index < -0.39 is 7.12 Å². The summed E-state index contributed by atoms with van der Waals surface area (Å²) in [4.78, 5) is 0. The number of benzene rings is 4. The molecule has 2 radical (unpaired) electrons. The van der Waals surface area contributed by atoms with Crippen LogP contribution in [0.25, 0.3) is 49.4 Å². The van der Waals surface area contributed by atoms with Gasteiger partial charge in [0.2, 0.25) is 0 Å². The van der Waals surface area contributed by atoms with E-state index in [0.717, 1.165) is 49.4 Å². The van der Waals surface area contributed by atoms with Crippen LogP contribution in [0.5, 0.6) is 0 Å². The molecule has 140 valence electrons. The summed E-state index contributed by atoms with van der Waals surface area (Å²) in [7, 11) is 4.54. The standard InChI is InChI=1S/C24H15B2NO3/c25-14-5-8-21-18(11-14)19-12-15(26(28)29)6-9-22(19)27(21)16-7-10-24-20(13-16)17-3-1-2-4-23(17)30-24/h1-13,28-29H. The highest BCUT2D eigenvalue weighted by Gasteiger charge is 2.17. The zero-order chi connectivity index (χ0) is 20.4. The lowest BCUT2D eigenvalue weighted by molar-refractivity contribution is 0.426. The average molecular weight is 387 g/mol. The topological polar surface area (TPSA) is 58.5 Å². The second-order valence-electron chi connectivity index (χ2n) is 7.54. The summed E-state index contributed by atoms with van der Waals surface area (Å²) < 4.78 is 8.14. The van der Waals surface area contributed by atoms with E-state index in [1.54, 1.807) is 6.07 Å². The van der Waals surface area contributed by atoms with E-state index in [4.69, 9.17) is 12.3 Å². The maximum absolute atomic E-state index is 9.64. The molecule has 0 saturated carbocycles. The lowest BCUT2D eigenvalue weighted by Crippen LogP contribution is -2.29. The van der Waals surface area contributed by atoms with Crippen molar-refractivity contribution in [3.05, 3.63) is 78.9 Å². The lowest BCUT2D eigenvalue weighted by atomic mass is 9.79. The lowest BCUT2D eigenvalue weighted by Gasteiger charge is -2.08. The Bertz CT molecular complexity index is 1600. The molecule has 6 rings (SSSR count). The molecule has 4 aromatic carbocycles. The summed E-state index contributed by atoms with van der Waals surface area (Å²) >= 11 is 0. The fourth-order valence-electron chi connectivity index (χ4n) is 4.35. The van der Waals surface area contributed by atoms with E-state index in [-0.39, 0.29) is 0 Å². The summed E-state index contributed by atoms with van der Waals surface area (Å²) in [6, 6.07) is 25.4. The van der Waals surface area contributed by atoms with Crippen LogP contribution in [0.2, 0.25) is 0 Å². The van der Waals surface area contributed by atoms with Crippen molar-refractivity contribution < 1.29 is 14.5 Å². The van der Waals surface area contributed by atoms with Gasteiger partial charge in [-0.05, 0) is 41.9 Å². The van der Waals surface area contributed by atoms with Crippen molar-refractivity contribution in [3.8, 4) is 5.69 Å². The molecule has 0 saturated heterocycles. The van der Waals surface area contributed by atoms with Crippen LogP contribution in [0, 0.1) is 0 Å². The number of aromatic nitrogens is 1. The molecule has 0 aliphatic carbocycles. The molecule has 0 spiro atoms. The minimum Gasteiger partial charge on any atom is -0.456 e. The first-order valence-corrected chi connectivity index (χ1v) is 9.71. The minimum atomic E-state index is -1.53. The van der Waals surface area contributed by atoms with Gasteiger partial charge in [-0.1, -0.05) is 47.9 Å². The molecule has 30 heavy (non-hydrogen) atoms. The Kier molecular flexibility index (Phi) is 3.63. The molecule has 6 heteroatoms. The number of para-hydroxylation sites is 1. The fraction of sp³-hybridized carbons (Fsp3) is 0. The van der Waals surface area contributed by atoms with Crippen LogP contribution in [0.4, 0.5) is 0 Å². The van der Waals surface area contributed by atoms with Gasteiger partial charge in [0.05, 0.1) is 11.0 Å². The Morgan fingerprint density at radius 1 is 0.700 bits per heavy atom. The summed E-state index contributed by atoms with van der Waals surface area (Å²) in [6.45, 7) is 0. The third-order valence-electron chi connectivity index (χ3n) is 5.73. The predicted octanol–water partition coefficient (Wildman–Crippen LogP) is 3.16. The third kappa shape index (κ3) is 2.44. The summed E-state index contributed by atoms with van der Waals surface area (Å²) in [5, 5.41) is 23.3. The van der Waals surface area contributed by atoms with Crippen molar-refractivity contribution in [2.45, 2.75) is 0 Å². The first kappa shape index (κ1) is 17.4. The van der Waals surface area contributed by atoms with E-state index in [1.807, 2.05) is 60.7 Å². The van der Waals surface area contributed by atoms with Crippen LogP contribution in [0.3, 0.4) is 0 Å². The maximum atomic E-state index is 9.64. The van der Waals surface area contributed by atoms with Crippen molar-refractivity contribution in [2.24, 2.45) is 0 Å². The molecule has 2 N–H and O–H groups in total. The van der Waals surface area contributed by atoms with Gasteiger partial charge in [-0.25, -0.2) is 0 Å². The highest BCUT2D eigenvalue weighted by molar-refractivity contribution is 6.59. The van der Waals surface area contributed by atoms with E-state index in [1.165, 1.54) is 0 Å². The molecule has 0 aliphatic rings. The highest BCUT2D eigenvalue weighted by atomic mass is 16.4. The van der Waals surface area contributed by atoms with Crippen molar-refractivity contribution in [2.75, 3.05) is 0 Å². The second-order valence-corrected chi connectivity index (χ2v) is 7.54. The zero-order valence-corrected chi connectivity index (χ0v) is 15.9. The van der Waals surface area contributed by atoms with Gasteiger partial charge in [0.15, 0.2) is 0 Å². The van der Waals surface area contributed by atoms with Gasteiger partial charge >= 0.3 is 7.12 Å². The molecule has 2 aromatic heterocycles. The van der Waals surface area contributed by atoms with Crippen LogP contribution < -0.4 is 10.9 Å². The highest BCUT2D eigenvalue weighted by Crippen LogP contribution is 2.34. The molecule has 0 bridgehead atoms. The summed E-state index contributed by atoms with van der Waals surface area (Å²) in [5.74, 6) is 0. The smallest absolute Gasteiger partial charge is 0.456 e. The van der Waals surface area contributed by atoms with Gasteiger partial charge in [-0.2, -0.15) is 0 Å². The Morgan fingerprint density at radius 2 is 1.43 bits per heavy atom. The normalized spacial score (nSPS) is 11.8. The van der Waals surface area contributed by atoms with Crippen LogP contribution in [0.15, 0.2) is 83.3 Å². The fourth-order valence-corrected chi connectivity index (χ4v) is 4.35. The van der Waals surface area contributed by atoms with Crippen LogP contribution in [0.1, 0.15) is 0 Å². The Hall–Kier alpha value is -3.47. The molecular weight excluding hydrogens is 372 g/mol. The number of furan rings is 1. The molecule has 0 fully saturated rings. The van der Waals surface area contributed by atoms with Gasteiger partial charge in [-0.15, -0.1) is 0 Å². The average Bonchev–Trinajstić information content (AvgIpc) is 3.28. The van der Waals surface area contributed by atoms with Gasteiger partial charge in [0.25, 0.3) is 0 Å². The molecule has 2 heterocycles. The largest absolute Gasteiger partial charge is 0.488 e. The SMILES string of the molecule is [B]c1ccc2c(c1)c1cc(B(O)O)ccc1n2-c1ccc2oc3ccccc3c2c1. The van der Waals surface area contributed by atoms with Gasteiger partial charge in [0.1, 0.15) is 19.0 Å². The maximum Gasteiger partial charge on any atom is 0.488 e. The van der Waals surface area contributed by atoms with Crippen molar-refractivity contribution >= 4 is 69.6 Å². The molecule has 0 unspecified atom stereocenters. The Morgan fingerprint density at radius 3 is 2.27 bits per heavy atom. The molecule has 0 aliphatic heterocycles. The zero-order valence-electron chi connectivity index (χ0n) is 15.9. The monoisotopic (exact) mass is 387 g/mol. The van der Waals surface area contributed by atoms with Crippen molar-refractivity contribution in [3.63, 3.8) is 0 Å². The molecule has 6 aromatic rings. The van der Waals surface area contributed by atoms with E-state index in [2.05, 4.69) is 16.7 Å². The molecular formula is C24H15B2NO3. The van der Waals surface area contributed by atoms with Crippen molar-refractivity contribution in [1.82, 2.24) is 4.57 Å². The molecule has 0 amide bonds. The third-order valence-corrected chi connectivity index (χ3v) is 5.73. The molecule has 4 nitrogen and oxygen atoms in total. The summed E-state index contributed by atoms with van der Waals surface area (Å²) in [6.07, 6.45) is 0. The van der Waals surface area contributed by atoms with Crippen LogP contribution >= 0.6 is 0 Å². The van der Waals surface area contributed by atoms with Crippen molar-refractivity contribution in [1.29, 1.82) is 0 Å². The van der Waals surface area contributed by atoms with Crippen LogP contribution in [-0.4, -0.2) is 29.6 Å². The van der Waals surface area contributed by atoms with Crippen LogP contribution in [-0.2, 0) is 0 Å².